The molecule has 21 aromatic rings. The van der Waals surface area contributed by atoms with Gasteiger partial charge in [-0.25, -0.2) is 0 Å². The van der Waals surface area contributed by atoms with Crippen molar-refractivity contribution in [3.8, 4) is 106 Å². The Kier molecular flexibility index (Phi) is 17.2. The van der Waals surface area contributed by atoms with Crippen LogP contribution in [0.5, 0.6) is 11.5 Å². The molecule has 3 heterocycles. The summed E-state index contributed by atoms with van der Waals surface area (Å²) < 4.78 is 9.31. The van der Waals surface area contributed by atoms with Gasteiger partial charge in [-0.05, 0) is 266 Å². The third-order valence-electron chi connectivity index (χ3n) is 30.4. The van der Waals surface area contributed by atoms with Gasteiger partial charge in [0.2, 0.25) is 0 Å². The maximum atomic E-state index is 6.83. The van der Waals surface area contributed by atoms with E-state index in [-0.39, 0.29) is 10.8 Å². The third-order valence-corrected chi connectivity index (χ3v) is 34.2. The largest absolute Gasteiger partial charge is 0.455 e. The van der Waals surface area contributed by atoms with Crippen molar-refractivity contribution in [3.63, 3.8) is 0 Å². The van der Waals surface area contributed by atoms with Crippen molar-refractivity contribution in [2.45, 2.75) is 78.7 Å². The molecule has 2 spiro atoms. The van der Waals surface area contributed by atoms with Crippen molar-refractivity contribution in [2.75, 3.05) is 9.80 Å². The minimum absolute atomic E-state index is 0.123. The summed E-state index contributed by atoms with van der Waals surface area (Å²) in [5.74, 6) is 1.79. The van der Waals surface area contributed by atoms with E-state index in [0.717, 1.165) is 61.1 Å². The topological polar surface area (TPSA) is 20.6 Å². The Bertz CT molecular complexity index is 8610. The molecule has 2 atom stereocenters. The molecule has 636 valence electrons. The second-order valence-corrected chi connectivity index (χ2v) is 41.1. The monoisotopic (exact) mass is 1780 g/mol. The molecular formula is C128H85N3OS3. The molecule has 20 aromatic carbocycles. The highest BCUT2D eigenvalue weighted by Gasteiger charge is 2.56. The molecule has 0 N–H and O–H groups in total. The molecule has 0 bridgehead atoms. The van der Waals surface area contributed by atoms with Gasteiger partial charge in [0, 0.05) is 92.0 Å². The highest BCUT2D eigenvalue weighted by molar-refractivity contribution is 8.05. The fraction of sp³-hybridized carbons (Fsp3) is 0.0625. The summed E-state index contributed by atoms with van der Waals surface area (Å²) >= 11 is 5.67. The molecule has 8 aliphatic rings. The molecular weight excluding hydrogens is 1690 g/mol. The average molecular weight is 1780 g/mol. The van der Waals surface area contributed by atoms with Gasteiger partial charge in [-0.15, -0.1) is 0 Å². The normalized spacial score (nSPS) is 16.0. The van der Waals surface area contributed by atoms with Crippen LogP contribution >= 0.6 is 35.3 Å². The van der Waals surface area contributed by atoms with Crippen LogP contribution in [0.4, 0.5) is 34.1 Å². The highest BCUT2D eigenvalue weighted by atomic mass is 32.2. The van der Waals surface area contributed by atoms with Crippen LogP contribution < -0.4 is 14.5 Å². The van der Waals surface area contributed by atoms with Crippen LogP contribution in [0, 0.1) is 0 Å². The summed E-state index contributed by atoms with van der Waals surface area (Å²) in [5.41, 5.74) is 45.2. The Balaban J connectivity index is 0.000000137. The number of fused-ring (bicyclic) bond motifs is 35. The maximum absolute atomic E-state index is 6.83. The minimum atomic E-state index is -0.680. The Hall–Kier alpha value is -15.4. The summed E-state index contributed by atoms with van der Waals surface area (Å²) in [6, 6.07) is 166. The molecule has 0 fully saturated rings. The van der Waals surface area contributed by atoms with Crippen LogP contribution in [-0.2, 0) is 21.7 Å². The van der Waals surface area contributed by atoms with Gasteiger partial charge >= 0.3 is 0 Å². The molecule has 7 heteroatoms. The average Bonchev–Trinajstić information content (AvgIpc) is 1.50. The SMILES string of the molecule is CC1(C)c2ccccc2-c2ccc(N(c3ccc(-c4ccccc4)cc3)c3ccc4c(c3)C3(c5ccccc5-4)c4ccccc4-c4c3ccc3c4Sc4ccccc4S3)cc21.CC1(C)c2ccccc2-c2ccc(N(c3ccc4c(c3)C3(c5ccccc5-c5ccc(-n6c7ccccc7c7ccccc76)cc53)c3ccc5c(c3-4)Sc3ccccc3O5)c3ccccc3-c3ccccc3)cc21. The summed E-state index contributed by atoms with van der Waals surface area (Å²) in [6.45, 7) is 9.51. The second-order valence-electron chi connectivity index (χ2n) is 37.9. The van der Waals surface area contributed by atoms with E-state index in [1.165, 1.54) is 197 Å². The first-order chi connectivity index (χ1) is 66.5. The van der Waals surface area contributed by atoms with Gasteiger partial charge in [-0.1, -0.05) is 378 Å². The predicted octanol–water partition coefficient (Wildman–Crippen LogP) is 34.9. The minimum Gasteiger partial charge on any atom is -0.455 e. The zero-order valence-corrected chi connectivity index (χ0v) is 77.1. The first-order valence-electron chi connectivity index (χ1n) is 46.8. The van der Waals surface area contributed by atoms with Crippen molar-refractivity contribution in [3.05, 3.63) is 510 Å². The molecule has 0 saturated carbocycles. The van der Waals surface area contributed by atoms with Crippen molar-refractivity contribution in [1.82, 2.24) is 4.57 Å². The molecule has 1 aromatic heterocycles. The Morgan fingerprint density at radius 2 is 0.600 bits per heavy atom. The highest BCUT2D eigenvalue weighted by Crippen LogP contribution is 2.70. The van der Waals surface area contributed by atoms with E-state index in [1.807, 2.05) is 35.3 Å². The quantitative estimate of drug-likeness (QED) is 0.143. The van der Waals surface area contributed by atoms with E-state index >= 15 is 0 Å². The maximum Gasteiger partial charge on any atom is 0.142 e. The summed E-state index contributed by atoms with van der Waals surface area (Å²) in [6.07, 6.45) is 0. The van der Waals surface area contributed by atoms with Crippen LogP contribution in [-0.4, -0.2) is 4.57 Å². The van der Waals surface area contributed by atoms with Crippen LogP contribution in [0.3, 0.4) is 0 Å². The molecule has 29 rings (SSSR count). The number of ether oxygens (including phenoxy) is 1. The van der Waals surface area contributed by atoms with Crippen LogP contribution in [0.1, 0.15) is 94.5 Å². The lowest BCUT2D eigenvalue weighted by Crippen LogP contribution is -2.26. The van der Waals surface area contributed by atoms with Gasteiger partial charge in [-0.3, -0.25) is 0 Å². The number of aromatic nitrogens is 1. The van der Waals surface area contributed by atoms with Gasteiger partial charge in [0.25, 0.3) is 0 Å². The summed E-state index contributed by atoms with van der Waals surface area (Å²) in [4.78, 5) is 12.7. The summed E-state index contributed by atoms with van der Waals surface area (Å²) in [5, 5.41) is 2.50. The number of rotatable bonds is 9. The van der Waals surface area contributed by atoms with E-state index in [9.17, 15) is 0 Å². The smallest absolute Gasteiger partial charge is 0.142 e. The van der Waals surface area contributed by atoms with Crippen molar-refractivity contribution < 1.29 is 4.74 Å². The Morgan fingerprint density at radius 1 is 0.222 bits per heavy atom. The van der Waals surface area contributed by atoms with E-state index in [0.29, 0.717) is 0 Å². The van der Waals surface area contributed by atoms with E-state index in [2.05, 4.69) is 485 Å². The molecule has 135 heavy (non-hydrogen) atoms. The van der Waals surface area contributed by atoms with Crippen LogP contribution in [0.2, 0.25) is 0 Å². The van der Waals surface area contributed by atoms with Gasteiger partial charge in [0.15, 0.2) is 0 Å². The van der Waals surface area contributed by atoms with Gasteiger partial charge < -0.3 is 19.1 Å². The number of anilines is 6. The number of nitrogens with zero attached hydrogens (tertiary/aromatic N) is 3. The zero-order valence-electron chi connectivity index (χ0n) is 74.6. The van der Waals surface area contributed by atoms with E-state index < -0.39 is 10.8 Å². The first kappa shape index (κ1) is 78.3. The first-order valence-corrected chi connectivity index (χ1v) is 49.3. The zero-order chi connectivity index (χ0) is 89.3. The lowest BCUT2D eigenvalue weighted by molar-refractivity contribution is 0.454. The van der Waals surface area contributed by atoms with Crippen LogP contribution in [0.25, 0.3) is 117 Å². The molecule has 6 aliphatic carbocycles. The summed E-state index contributed by atoms with van der Waals surface area (Å²) in [7, 11) is 0. The molecule has 0 radical (unpaired) electrons. The van der Waals surface area contributed by atoms with Crippen molar-refractivity contribution in [2.24, 2.45) is 0 Å². The molecule has 0 saturated heterocycles. The molecule has 2 unspecified atom stereocenters. The second kappa shape index (κ2) is 29.6. The Labute approximate surface area is 798 Å². The molecule has 0 amide bonds. The lowest BCUT2D eigenvalue weighted by Gasteiger charge is -2.33. The van der Waals surface area contributed by atoms with Gasteiger partial charge in [0.1, 0.15) is 11.5 Å². The Morgan fingerprint density at radius 3 is 1.20 bits per heavy atom. The van der Waals surface area contributed by atoms with Gasteiger partial charge in [-0.2, -0.15) is 0 Å². The molecule has 4 nitrogen and oxygen atoms in total. The molecule has 2 aliphatic heterocycles. The van der Waals surface area contributed by atoms with E-state index in [1.54, 1.807) is 0 Å². The van der Waals surface area contributed by atoms with Gasteiger partial charge in [0.05, 0.1) is 37.3 Å². The fourth-order valence-corrected chi connectivity index (χ4v) is 28.1. The number of benzene rings is 20. The van der Waals surface area contributed by atoms with E-state index in [4.69, 9.17) is 4.74 Å². The lowest BCUT2D eigenvalue weighted by atomic mass is 9.70. The number of para-hydroxylation sites is 4. The predicted molar refractivity (Wildman–Crippen MR) is 561 cm³/mol. The van der Waals surface area contributed by atoms with Crippen LogP contribution in [0.15, 0.2) is 472 Å². The number of hydrogen-bond donors (Lipinski definition) is 0. The van der Waals surface area contributed by atoms with Crippen molar-refractivity contribution >= 4 is 91.2 Å². The van der Waals surface area contributed by atoms with Crippen molar-refractivity contribution in [1.29, 1.82) is 0 Å². The fourth-order valence-electron chi connectivity index (χ4n) is 24.5. The third kappa shape index (κ3) is 11.2. The standard InChI is InChI=1S/C70H46N2OS.C58H39NS2/c1-69(2)55-25-11-6-21-48(55)50-35-32-44(40-58(50)69)71(61-27-13-8-20-47(61)43-18-4-3-5-19-43)45-34-37-54-60(41-45)70(57-38-39-65-68(67(54)57)74-66-31-17-16-30-64(66)73-65)56-26-12-7-22-49(56)51-36-33-46(42-59(51)70)72-62-28-14-9-23-52(62)53-24-10-15-29-63(53)72;1-57(2)46-19-9-6-16-41(46)43-30-28-39(34-50(43)57)59(38-26-24-37(25-27-38)36-14-4-3-5-15-36)40-29-31-44-42-17-7-10-20-47(42)58(51(44)35-40)48-21-11-8-18-45(48)55-49(58)32-33-54-56(55)61-53-23-13-12-22-52(53)60-54/h3-42H,1-2H3;3-35H,1-2H3. The number of hydrogen-bond acceptors (Lipinski definition) is 6.